The molecule has 0 saturated heterocycles. The van der Waals surface area contributed by atoms with E-state index in [1.165, 1.54) is 17.8 Å². The standard InChI is InChI=1S/C26H28Cl2N4O3S/c1-13(2)32-20(8-9-29-32)17-6-7-18(22(28)21(17)27)23-19(10-14-4-3-5-14)31-25(36-23)24(33)30-16-11-15(12-16)26(34)35/h6-9,13-16H,3-5,10-12H2,1-2H3,(H,30,33)(H,34,35)/t15-,16-. The Bertz CT molecular complexity index is 1310. The van der Waals surface area contributed by atoms with Gasteiger partial charge in [0.25, 0.3) is 5.91 Å². The van der Waals surface area contributed by atoms with Gasteiger partial charge in [-0.25, -0.2) is 4.98 Å². The van der Waals surface area contributed by atoms with E-state index in [9.17, 15) is 9.59 Å². The van der Waals surface area contributed by atoms with Crippen molar-refractivity contribution < 1.29 is 14.7 Å². The van der Waals surface area contributed by atoms with Crippen LogP contribution in [0.15, 0.2) is 24.4 Å². The smallest absolute Gasteiger partial charge is 0.306 e. The number of rotatable bonds is 8. The van der Waals surface area contributed by atoms with Crippen molar-refractivity contribution in [3.05, 3.63) is 45.1 Å². The first-order chi connectivity index (χ1) is 17.2. The lowest BCUT2D eigenvalue weighted by Crippen LogP contribution is -2.46. The normalized spacial score (nSPS) is 19.7. The number of carboxylic acid groups (broad SMARTS) is 1. The molecule has 0 radical (unpaired) electrons. The number of carboxylic acids is 1. The van der Waals surface area contributed by atoms with Gasteiger partial charge in [-0.15, -0.1) is 11.3 Å². The maximum atomic E-state index is 13.0. The monoisotopic (exact) mass is 546 g/mol. The van der Waals surface area contributed by atoms with E-state index in [0.29, 0.717) is 33.8 Å². The second-order valence-electron chi connectivity index (χ2n) is 10.0. The van der Waals surface area contributed by atoms with Crippen molar-refractivity contribution in [2.24, 2.45) is 11.8 Å². The lowest BCUT2D eigenvalue weighted by molar-refractivity contribution is -0.145. The predicted molar refractivity (Wildman–Crippen MR) is 142 cm³/mol. The van der Waals surface area contributed by atoms with Crippen LogP contribution >= 0.6 is 34.5 Å². The molecule has 190 valence electrons. The largest absolute Gasteiger partial charge is 0.481 e. The molecule has 10 heteroatoms. The molecular weight excluding hydrogens is 519 g/mol. The minimum absolute atomic E-state index is 0.135. The quantitative estimate of drug-likeness (QED) is 0.336. The van der Waals surface area contributed by atoms with Crippen LogP contribution < -0.4 is 5.32 Å². The summed E-state index contributed by atoms with van der Waals surface area (Å²) in [5.74, 6) is -0.915. The topological polar surface area (TPSA) is 97.1 Å². The van der Waals surface area contributed by atoms with Crippen molar-refractivity contribution in [3.8, 4) is 21.7 Å². The van der Waals surface area contributed by atoms with Crippen molar-refractivity contribution in [2.75, 3.05) is 0 Å². The van der Waals surface area contributed by atoms with Gasteiger partial charge in [0.1, 0.15) is 0 Å². The van der Waals surface area contributed by atoms with Crippen LogP contribution in [0.5, 0.6) is 0 Å². The molecule has 2 heterocycles. The third-order valence-electron chi connectivity index (χ3n) is 7.18. The lowest BCUT2D eigenvalue weighted by Gasteiger charge is -2.32. The van der Waals surface area contributed by atoms with E-state index in [-0.39, 0.29) is 23.9 Å². The number of amides is 1. The van der Waals surface area contributed by atoms with Gasteiger partial charge in [-0.1, -0.05) is 54.6 Å². The Balaban J connectivity index is 1.46. The Kier molecular flexibility index (Phi) is 7.12. The average molecular weight is 548 g/mol. The fourth-order valence-corrected chi connectivity index (χ4v) is 6.42. The second-order valence-corrected chi connectivity index (χ2v) is 11.8. The van der Waals surface area contributed by atoms with Crippen molar-refractivity contribution >= 4 is 46.4 Å². The van der Waals surface area contributed by atoms with E-state index in [4.69, 9.17) is 33.3 Å². The van der Waals surface area contributed by atoms with Crippen LogP contribution in [0.1, 0.15) is 67.5 Å². The number of aromatic nitrogens is 3. The van der Waals surface area contributed by atoms with E-state index in [1.54, 1.807) is 6.20 Å². The number of carbonyl (C=O) groups excluding carboxylic acids is 1. The molecule has 0 aliphatic heterocycles. The SMILES string of the molecule is CC(C)n1nccc1-c1ccc(-c2sc(C(=O)N[C@H]3C[C@H](C(=O)O)C3)nc2CC2CCC2)c(Cl)c1Cl. The number of halogens is 2. The number of thiazole rings is 1. The van der Waals surface area contributed by atoms with Crippen LogP contribution in [-0.2, 0) is 11.2 Å². The van der Waals surface area contributed by atoms with Crippen molar-refractivity contribution in [2.45, 2.75) is 64.5 Å². The summed E-state index contributed by atoms with van der Waals surface area (Å²) in [6, 6.07) is 5.85. The highest BCUT2D eigenvalue weighted by Crippen LogP contribution is 2.44. The average Bonchev–Trinajstić information content (AvgIpc) is 3.42. The van der Waals surface area contributed by atoms with Gasteiger partial charge in [-0.05, 0) is 45.1 Å². The Labute approximate surface area is 223 Å². The molecule has 2 N–H and O–H groups in total. The summed E-state index contributed by atoms with van der Waals surface area (Å²) < 4.78 is 1.91. The van der Waals surface area contributed by atoms with Crippen LogP contribution in [0.4, 0.5) is 0 Å². The molecule has 1 aromatic carbocycles. The summed E-state index contributed by atoms with van der Waals surface area (Å²) in [5, 5.41) is 17.7. The molecule has 5 rings (SSSR count). The number of benzene rings is 1. The summed E-state index contributed by atoms with van der Waals surface area (Å²) in [5.41, 5.74) is 3.33. The molecule has 2 saturated carbocycles. The van der Waals surface area contributed by atoms with Gasteiger partial charge in [0.15, 0.2) is 5.01 Å². The number of hydrogen-bond donors (Lipinski definition) is 2. The third kappa shape index (κ3) is 4.78. The zero-order valence-electron chi connectivity index (χ0n) is 20.1. The molecule has 0 bridgehead atoms. The number of aliphatic carboxylic acids is 1. The highest BCUT2D eigenvalue weighted by atomic mass is 35.5. The van der Waals surface area contributed by atoms with E-state index in [2.05, 4.69) is 24.3 Å². The van der Waals surface area contributed by atoms with Crippen LogP contribution in [0.25, 0.3) is 21.7 Å². The number of carbonyl (C=O) groups is 2. The van der Waals surface area contributed by atoms with Crippen LogP contribution in [-0.4, -0.2) is 37.8 Å². The van der Waals surface area contributed by atoms with Gasteiger partial charge in [-0.3, -0.25) is 14.3 Å². The highest BCUT2D eigenvalue weighted by molar-refractivity contribution is 7.17. The van der Waals surface area contributed by atoms with Gasteiger partial charge >= 0.3 is 5.97 Å². The van der Waals surface area contributed by atoms with E-state index < -0.39 is 5.97 Å². The molecule has 2 aliphatic rings. The first-order valence-corrected chi connectivity index (χ1v) is 13.9. The molecule has 0 unspecified atom stereocenters. The lowest BCUT2D eigenvalue weighted by atomic mass is 9.80. The molecule has 36 heavy (non-hydrogen) atoms. The molecule has 1 amide bonds. The van der Waals surface area contributed by atoms with Crippen molar-refractivity contribution in [1.29, 1.82) is 0 Å². The fraction of sp³-hybridized carbons (Fsp3) is 0.462. The third-order valence-corrected chi connectivity index (χ3v) is 9.19. The molecule has 2 fully saturated rings. The second kappa shape index (κ2) is 10.1. The van der Waals surface area contributed by atoms with Crippen LogP contribution in [0, 0.1) is 11.8 Å². The Morgan fingerprint density at radius 1 is 1.17 bits per heavy atom. The Morgan fingerprint density at radius 3 is 2.50 bits per heavy atom. The van der Waals surface area contributed by atoms with Gasteiger partial charge < -0.3 is 10.4 Å². The Morgan fingerprint density at radius 2 is 1.86 bits per heavy atom. The fourth-order valence-electron chi connectivity index (χ4n) is 4.81. The molecular formula is C26H28Cl2N4O3S. The van der Waals surface area contributed by atoms with Gasteiger partial charge in [0, 0.05) is 29.4 Å². The molecule has 2 aromatic heterocycles. The first-order valence-electron chi connectivity index (χ1n) is 12.3. The molecule has 0 atom stereocenters. The maximum absolute atomic E-state index is 13.0. The van der Waals surface area contributed by atoms with Gasteiger partial charge in [0.2, 0.25) is 0 Å². The summed E-state index contributed by atoms with van der Waals surface area (Å²) in [7, 11) is 0. The predicted octanol–water partition coefficient (Wildman–Crippen LogP) is 6.50. The summed E-state index contributed by atoms with van der Waals surface area (Å²) >= 11 is 15.0. The van der Waals surface area contributed by atoms with Crippen LogP contribution in [0.2, 0.25) is 10.0 Å². The highest BCUT2D eigenvalue weighted by Gasteiger charge is 2.36. The van der Waals surface area contributed by atoms with Gasteiger partial charge in [0.05, 0.1) is 32.2 Å². The molecule has 7 nitrogen and oxygen atoms in total. The number of nitrogens with one attached hydrogen (secondary N) is 1. The van der Waals surface area contributed by atoms with E-state index in [0.717, 1.165) is 46.7 Å². The zero-order valence-corrected chi connectivity index (χ0v) is 22.5. The van der Waals surface area contributed by atoms with E-state index >= 15 is 0 Å². The van der Waals surface area contributed by atoms with Crippen molar-refractivity contribution in [1.82, 2.24) is 20.1 Å². The maximum Gasteiger partial charge on any atom is 0.306 e. The summed E-state index contributed by atoms with van der Waals surface area (Å²) in [6.07, 6.45) is 6.97. The molecule has 2 aliphatic carbocycles. The Hall–Kier alpha value is -2.42. The summed E-state index contributed by atoms with van der Waals surface area (Å²) in [4.78, 5) is 29.6. The number of hydrogen-bond acceptors (Lipinski definition) is 5. The number of nitrogens with zero attached hydrogens (tertiary/aromatic N) is 3. The van der Waals surface area contributed by atoms with Crippen LogP contribution in [0.3, 0.4) is 0 Å². The summed E-state index contributed by atoms with van der Waals surface area (Å²) in [6.45, 7) is 4.12. The minimum atomic E-state index is -0.814. The van der Waals surface area contributed by atoms with Crippen molar-refractivity contribution in [3.63, 3.8) is 0 Å². The zero-order chi connectivity index (χ0) is 25.6. The minimum Gasteiger partial charge on any atom is -0.481 e. The first kappa shape index (κ1) is 25.2. The van der Waals surface area contributed by atoms with E-state index in [1.807, 2.05) is 22.9 Å². The van der Waals surface area contributed by atoms with Gasteiger partial charge in [-0.2, -0.15) is 5.10 Å². The molecule has 3 aromatic rings. The molecule has 0 spiro atoms.